The normalized spacial score (nSPS) is 11.8. The van der Waals surface area contributed by atoms with Gasteiger partial charge in [0.25, 0.3) is 0 Å². The van der Waals surface area contributed by atoms with Crippen molar-refractivity contribution < 1.29 is 34.4 Å². The Balaban J connectivity index is 3.78. The molecule has 0 rings (SSSR count). The molecule has 0 aliphatic carbocycles. The molecule has 0 saturated heterocycles. The first-order valence-electron chi connectivity index (χ1n) is 4.28. The van der Waals surface area contributed by atoms with E-state index in [2.05, 4.69) is 9.78 Å². The van der Waals surface area contributed by atoms with Gasteiger partial charge in [-0.15, -0.1) is 0 Å². The fourth-order valence-electron chi connectivity index (χ4n) is 0.646. The van der Waals surface area contributed by atoms with Crippen LogP contribution in [0.15, 0.2) is 0 Å². The molecule has 0 aliphatic rings. The summed E-state index contributed by atoms with van der Waals surface area (Å²) in [5.41, 5.74) is 0. The van der Waals surface area contributed by atoms with E-state index in [1.807, 2.05) is 0 Å². The van der Waals surface area contributed by atoms with E-state index in [1.165, 1.54) is 0 Å². The maximum absolute atomic E-state index is 10.8. The molecule has 7 heteroatoms. The van der Waals surface area contributed by atoms with Crippen molar-refractivity contribution in [3.8, 4) is 0 Å². The van der Waals surface area contributed by atoms with E-state index in [0.29, 0.717) is 0 Å². The second-order valence-electron chi connectivity index (χ2n) is 2.68. The summed E-state index contributed by atoms with van der Waals surface area (Å²) in [6.07, 6.45) is -1.82. The van der Waals surface area contributed by atoms with Crippen molar-refractivity contribution in [2.24, 2.45) is 0 Å². The molecular formula is C8H12O7. The van der Waals surface area contributed by atoms with Crippen molar-refractivity contribution in [2.75, 3.05) is 0 Å². The highest BCUT2D eigenvalue weighted by atomic mass is 17.2. The molecule has 1 unspecified atom stereocenters. The number of carbonyl (C=O) groups excluding carboxylic acids is 1. The minimum Gasteiger partial charge on any atom is -0.481 e. The Kier molecular flexibility index (Phi) is 6.03. The number of rotatable bonds is 7. The lowest BCUT2D eigenvalue weighted by Gasteiger charge is -2.08. The molecule has 0 aromatic heterocycles. The fourth-order valence-corrected chi connectivity index (χ4v) is 0.646. The van der Waals surface area contributed by atoms with Gasteiger partial charge in [0.2, 0.25) is 6.10 Å². The summed E-state index contributed by atoms with van der Waals surface area (Å²) in [5.74, 6) is -3.29. The molecule has 0 bridgehead atoms. The summed E-state index contributed by atoms with van der Waals surface area (Å²) >= 11 is 0. The third-order valence-electron chi connectivity index (χ3n) is 1.45. The first-order valence-corrected chi connectivity index (χ1v) is 4.28. The third-order valence-corrected chi connectivity index (χ3v) is 1.45. The monoisotopic (exact) mass is 220 g/mol. The summed E-state index contributed by atoms with van der Waals surface area (Å²) in [5, 5.41) is 16.7. The molecule has 0 amide bonds. The lowest BCUT2D eigenvalue weighted by molar-refractivity contribution is -0.295. The van der Waals surface area contributed by atoms with Gasteiger partial charge in [0.05, 0.1) is 12.8 Å². The molecule has 86 valence electrons. The van der Waals surface area contributed by atoms with E-state index < -0.39 is 24.0 Å². The van der Waals surface area contributed by atoms with Crippen molar-refractivity contribution in [3.05, 3.63) is 0 Å². The predicted octanol–water partition coefficient (Wildman–Crippen LogP) is 0.189. The molecule has 0 saturated carbocycles. The van der Waals surface area contributed by atoms with Crippen molar-refractivity contribution in [3.63, 3.8) is 0 Å². The van der Waals surface area contributed by atoms with Crippen molar-refractivity contribution >= 4 is 17.9 Å². The molecule has 0 aliphatic heterocycles. The minimum absolute atomic E-state index is 0.140. The molecular weight excluding hydrogens is 208 g/mol. The summed E-state index contributed by atoms with van der Waals surface area (Å²) < 4.78 is 0. The number of carbonyl (C=O) groups is 3. The standard InChI is InChI=1S/C8H12O7/c1-2-5(8(12)13)14-15-7(11)4-3-6(9)10/h5H,2-4H2,1H3,(H,9,10)(H,12,13). The van der Waals surface area contributed by atoms with Crippen LogP contribution in [-0.2, 0) is 24.2 Å². The summed E-state index contributed by atoms with van der Waals surface area (Å²) in [6, 6.07) is 0. The van der Waals surface area contributed by atoms with Crippen molar-refractivity contribution in [1.82, 2.24) is 0 Å². The average Bonchev–Trinajstić information content (AvgIpc) is 2.15. The van der Waals surface area contributed by atoms with Gasteiger partial charge in [0.1, 0.15) is 0 Å². The van der Waals surface area contributed by atoms with Crippen molar-refractivity contribution in [2.45, 2.75) is 32.3 Å². The van der Waals surface area contributed by atoms with E-state index in [0.717, 1.165) is 0 Å². The van der Waals surface area contributed by atoms with Gasteiger partial charge in [-0.1, -0.05) is 6.92 Å². The van der Waals surface area contributed by atoms with Gasteiger partial charge in [0, 0.05) is 0 Å². The molecule has 0 spiro atoms. The van der Waals surface area contributed by atoms with E-state index in [4.69, 9.17) is 10.2 Å². The lowest BCUT2D eigenvalue weighted by atomic mass is 10.3. The molecule has 0 radical (unpaired) electrons. The van der Waals surface area contributed by atoms with Gasteiger partial charge in [-0.05, 0) is 6.42 Å². The zero-order valence-electron chi connectivity index (χ0n) is 8.13. The zero-order chi connectivity index (χ0) is 11.8. The van der Waals surface area contributed by atoms with Crippen LogP contribution in [0, 0.1) is 0 Å². The Bertz CT molecular complexity index is 247. The SMILES string of the molecule is CCC(OOC(=O)CCC(=O)O)C(=O)O. The number of aliphatic carboxylic acids is 2. The molecule has 2 N–H and O–H groups in total. The Morgan fingerprint density at radius 1 is 1.20 bits per heavy atom. The molecule has 0 heterocycles. The second-order valence-corrected chi connectivity index (χ2v) is 2.68. The predicted molar refractivity (Wildman–Crippen MR) is 45.8 cm³/mol. The van der Waals surface area contributed by atoms with Crippen LogP contribution in [0.25, 0.3) is 0 Å². The zero-order valence-corrected chi connectivity index (χ0v) is 8.13. The maximum Gasteiger partial charge on any atom is 0.342 e. The van der Waals surface area contributed by atoms with Crippen LogP contribution in [-0.4, -0.2) is 34.2 Å². The average molecular weight is 220 g/mol. The molecule has 7 nitrogen and oxygen atoms in total. The van der Waals surface area contributed by atoms with Crippen LogP contribution < -0.4 is 0 Å². The highest BCUT2D eigenvalue weighted by Crippen LogP contribution is 2.01. The summed E-state index contributed by atoms with van der Waals surface area (Å²) in [6.45, 7) is 1.55. The van der Waals surface area contributed by atoms with Gasteiger partial charge in [-0.2, -0.15) is 4.89 Å². The molecule has 0 aromatic rings. The van der Waals surface area contributed by atoms with Gasteiger partial charge >= 0.3 is 17.9 Å². The van der Waals surface area contributed by atoms with Gasteiger partial charge in [-0.25, -0.2) is 9.59 Å². The smallest absolute Gasteiger partial charge is 0.342 e. The number of hydrogen-bond donors (Lipinski definition) is 2. The van der Waals surface area contributed by atoms with Crippen LogP contribution in [0.2, 0.25) is 0 Å². The van der Waals surface area contributed by atoms with Crippen LogP contribution >= 0.6 is 0 Å². The summed E-state index contributed by atoms with van der Waals surface area (Å²) in [4.78, 5) is 39.7. The third kappa shape index (κ3) is 6.44. The Labute approximate surface area is 85.5 Å². The Morgan fingerprint density at radius 3 is 2.20 bits per heavy atom. The van der Waals surface area contributed by atoms with Crippen LogP contribution in [0.1, 0.15) is 26.2 Å². The van der Waals surface area contributed by atoms with Crippen LogP contribution in [0.3, 0.4) is 0 Å². The van der Waals surface area contributed by atoms with Crippen molar-refractivity contribution in [1.29, 1.82) is 0 Å². The Morgan fingerprint density at radius 2 is 1.80 bits per heavy atom. The van der Waals surface area contributed by atoms with Gasteiger partial charge in [0.15, 0.2) is 0 Å². The van der Waals surface area contributed by atoms with Crippen LogP contribution in [0.4, 0.5) is 0 Å². The number of carboxylic acid groups (broad SMARTS) is 2. The quantitative estimate of drug-likeness (QED) is 0.465. The highest BCUT2D eigenvalue weighted by Gasteiger charge is 2.19. The Hall–Kier alpha value is -1.63. The number of hydrogen-bond acceptors (Lipinski definition) is 5. The van der Waals surface area contributed by atoms with E-state index in [1.54, 1.807) is 6.92 Å². The minimum atomic E-state index is -1.25. The topological polar surface area (TPSA) is 110 Å². The molecule has 1 atom stereocenters. The van der Waals surface area contributed by atoms with Gasteiger partial charge in [-0.3, -0.25) is 9.68 Å². The van der Waals surface area contributed by atoms with E-state index in [-0.39, 0.29) is 19.3 Å². The first-order chi connectivity index (χ1) is 6.97. The second kappa shape index (κ2) is 6.77. The molecule has 15 heavy (non-hydrogen) atoms. The van der Waals surface area contributed by atoms with Gasteiger partial charge < -0.3 is 10.2 Å². The largest absolute Gasteiger partial charge is 0.481 e. The molecule has 0 fully saturated rings. The first kappa shape index (κ1) is 13.4. The lowest BCUT2D eigenvalue weighted by Crippen LogP contribution is -2.24. The summed E-state index contributed by atoms with van der Waals surface area (Å²) in [7, 11) is 0. The number of carboxylic acids is 2. The highest BCUT2D eigenvalue weighted by molar-refractivity contribution is 5.76. The van der Waals surface area contributed by atoms with E-state index >= 15 is 0 Å². The fraction of sp³-hybridized carbons (Fsp3) is 0.625. The van der Waals surface area contributed by atoms with Crippen LogP contribution in [0.5, 0.6) is 0 Å². The maximum atomic E-state index is 10.8. The molecule has 0 aromatic carbocycles. The van der Waals surface area contributed by atoms with E-state index in [9.17, 15) is 14.4 Å².